The van der Waals surface area contributed by atoms with Crippen molar-refractivity contribution >= 4 is 11.6 Å². The number of primary amides is 1. The molecular formula is C9H10F3N3O. The monoisotopic (exact) mass is 233 g/mol. The Morgan fingerprint density at radius 1 is 1.50 bits per heavy atom. The third kappa shape index (κ3) is 3.76. The lowest BCUT2D eigenvalue weighted by Crippen LogP contribution is -2.18. The van der Waals surface area contributed by atoms with Gasteiger partial charge in [-0.05, 0) is 6.07 Å². The smallest absolute Gasteiger partial charge is 0.384 e. The zero-order valence-corrected chi connectivity index (χ0v) is 8.21. The molecule has 0 atom stereocenters. The molecule has 0 aliphatic heterocycles. The van der Waals surface area contributed by atoms with E-state index in [-0.39, 0.29) is 17.8 Å². The van der Waals surface area contributed by atoms with Gasteiger partial charge >= 0.3 is 6.18 Å². The lowest BCUT2D eigenvalue weighted by molar-refractivity contribution is -0.131. The van der Waals surface area contributed by atoms with Crippen LogP contribution in [0.1, 0.15) is 16.8 Å². The first-order valence-corrected chi connectivity index (χ1v) is 4.44. The van der Waals surface area contributed by atoms with Gasteiger partial charge in [-0.3, -0.25) is 9.78 Å². The van der Waals surface area contributed by atoms with Crippen molar-refractivity contribution in [2.24, 2.45) is 5.73 Å². The van der Waals surface area contributed by atoms with Gasteiger partial charge in [-0.25, -0.2) is 0 Å². The lowest BCUT2D eigenvalue weighted by atomic mass is 10.2. The number of amides is 1. The van der Waals surface area contributed by atoms with Crippen LogP contribution >= 0.6 is 0 Å². The van der Waals surface area contributed by atoms with Gasteiger partial charge in [0.2, 0.25) is 0 Å². The van der Waals surface area contributed by atoms with E-state index >= 15 is 0 Å². The highest BCUT2D eigenvalue weighted by Gasteiger charge is 2.26. The summed E-state index contributed by atoms with van der Waals surface area (Å²) in [7, 11) is 0. The molecule has 3 N–H and O–H groups in total. The molecule has 1 aromatic rings. The standard InChI is InChI=1S/C9H10F3N3O/c10-9(11,12)2-4-15-7-1-3-14-5-6(7)8(13)16/h1,3,5H,2,4H2,(H2,13,16)(H,14,15). The van der Waals surface area contributed by atoms with Crippen molar-refractivity contribution in [1.82, 2.24) is 4.98 Å². The number of halogens is 3. The van der Waals surface area contributed by atoms with Crippen molar-refractivity contribution in [1.29, 1.82) is 0 Å². The summed E-state index contributed by atoms with van der Waals surface area (Å²) in [6.07, 6.45) is -2.64. The highest BCUT2D eigenvalue weighted by atomic mass is 19.4. The Labute approximate surface area is 89.7 Å². The number of pyridine rings is 1. The first-order valence-electron chi connectivity index (χ1n) is 4.44. The summed E-state index contributed by atoms with van der Waals surface area (Å²) in [5.41, 5.74) is 5.36. The number of rotatable bonds is 4. The molecule has 7 heteroatoms. The number of carbonyl (C=O) groups is 1. The number of hydrogen-bond donors (Lipinski definition) is 2. The van der Waals surface area contributed by atoms with Crippen LogP contribution in [0.2, 0.25) is 0 Å². The Morgan fingerprint density at radius 3 is 2.75 bits per heavy atom. The molecule has 0 aromatic carbocycles. The SMILES string of the molecule is NC(=O)c1cnccc1NCCC(F)(F)F. The van der Waals surface area contributed by atoms with Gasteiger partial charge in [0, 0.05) is 18.9 Å². The van der Waals surface area contributed by atoms with E-state index in [9.17, 15) is 18.0 Å². The maximum atomic E-state index is 11.9. The van der Waals surface area contributed by atoms with E-state index in [4.69, 9.17) is 5.73 Å². The summed E-state index contributed by atoms with van der Waals surface area (Å²) < 4.78 is 35.6. The summed E-state index contributed by atoms with van der Waals surface area (Å²) in [6, 6.07) is 1.40. The molecule has 0 unspecified atom stereocenters. The highest BCUT2D eigenvalue weighted by Crippen LogP contribution is 2.20. The number of hydrogen-bond acceptors (Lipinski definition) is 3. The van der Waals surface area contributed by atoms with Crippen LogP contribution in [0.5, 0.6) is 0 Å². The van der Waals surface area contributed by atoms with Crippen molar-refractivity contribution in [3.63, 3.8) is 0 Å². The Morgan fingerprint density at radius 2 is 2.19 bits per heavy atom. The minimum absolute atomic E-state index is 0.0738. The van der Waals surface area contributed by atoms with Crippen LogP contribution < -0.4 is 11.1 Å². The fourth-order valence-corrected chi connectivity index (χ4v) is 1.08. The summed E-state index contributed by atoms with van der Waals surface area (Å²) in [5.74, 6) is -0.734. The second kappa shape index (κ2) is 4.82. The molecule has 4 nitrogen and oxygen atoms in total. The minimum Gasteiger partial charge on any atom is -0.384 e. The Balaban J connectivity index is 2.64. The van der Waals surface area contributed by atoms with Crippen molar-refractivity contribution in [3.05, 3.63) is 24.0 Å². The van der Waals surface area contributed by atoms with E-state index in [1.807, 2.05) is 0 Å². The molecule has 1 amide bonds. The zero-order chi connectivity index (χ0) is 12.2. The number of anilines is 1. The zero-order valence-electron chi connectivity index (χ0n) is 8.21. The molecule has 1 heterocycles. The van der Waals surface area contributed by atoms with Crippen LogP contribution in [0.4, 0.5) is 18.9 Å². The first-order chi connectivity index (χ1) is 7.40. The molecule has 0 spiro atoms. The van der Waals surface area contributed by atoms with Crippen molar-refractivity contribution in [2.75, 3.05) is 11.9 Å². The number of alkyl halides is 3. The summed E-state index contributed by atoms with van der Waals surface area (Å²) in [6.45, 7) is -0.312. The number of nitrogens with two attached hydrogens (primary N) is 1. The van der Waals surface area contributed by atoms with Gasteiger partial charge in [-0.15, -0.1) is 0 Å². The van der Waals surface area contributed by atoms with Crippen LogP contribution in [0.3, 0.4) is 0 Å². The molecule has 1 aromatic heterocycles. The second-order valence-electron chi connectivity index (χ2n) is 3.08. The minimum atomic E-state index is -4.23. The quantitative estimate of drug-likeness (QED) is 0.828. The molecule has 1 rings (SSSR count). The van der Waals surface area contributed by atoms with Gasteiger partial charge in [0.05, 0.1) is 17.7 Å². The maximum absolute atomic E-state index is 11.9. The largest absolute Gasteiger partial charge is 0.390 e. The molecule has 0 aliphatic carbocycles. The maximum Gasteiger partial charge on any atom is 0.390 e. The van der Waals surface area contributed by atoms with E-state index in [2.05, 4.69) is 10.3 Å². The molecular weight excluding hydrogens is 223 g/mol. The van der Waals surface area contributed by atoms with Crippen LogP contribution in [-0.2, 0) is 0 Å². The third-order valence-electron chi connectivity index (χ3n) is 1.81. The Hall–Kier alpha value is -1.79. The fourth-order valence-electron chi connectivity index (χ4n) is 1.08. The predicted molar refractivity (Wildman–Crippen MR) is 51.9 cm³/mol. The van der Waals surface area contributed by atoms with Crippen LogP contribution in [0.25, 0.3) is 0 Å². The molecule has 0 saturated heterocycles. The van der Waals surface area contributed by atoms with E-state index in [0.29, 0.717) is 0 Å². The van der Waals surface area contributed by atoms with Gasteiger partial charge < -0.3 is 11.1 Å². The van der Waals surface area contributed by atoms with Crippen molar-refractivity contribution < 1.29 is 18.0 Å². The molecule has 0 bridgehead atoms. The van der Waals surface area contributed by atoms with Crippen molar-refractivity contribution in [3.8, 4) is 0 Å². The Bertz CT molecular complexity index is 379. The van der Waals surface area contributed by atoms with Gasteiger partial charge in [0.1, 0.15) is 0 Å². The number of aromatic nitrogens is 1. The summed E-state index contributed by atoms with van der Waals surface area (Å²) in [5, 5.41) is 2.49. The van der Waals surface area contributed by atoms with Gasteiger partial charge in [0.25, 0.3) is 5.91 Å². The van der Waals surface area contributed by atoms with Gasteiger partial charge in [0.15, 0.2) is 0 Å². The van der Waals surface area contributed by atoms with E-state index in [1.165, 1.54) is 18.5 Å². The molecule has 0 radical (unpaired) electrons. The molecule has 0 fully saturated rings. The predicted octanol–water partition coefficient (Wildman–Crippen LogP) is 1.54. The second-order valence-corrected chi connectivity index (χ2v) is 3.08. The van der Waals surface area contributed by atoms with Crippen LogP contribution in [0.15, 0.2) is 18.5 Å². The summed E-state index contributed by atoms with van der Waals surface area (Å²) in [4.78, 5) is 14.6. The highest BCUT2D eigenvalue weighted by molar-refractivity contribution is 5.98. The van der Waals surface area contributed by atoms with Crippen LogP contribution in [0, 0.1) is 0 Å². The first kappa shape index (κ1) is 12.3. The molecule has 16 heavy (non-hydrogen) atoms. The van der Waals surface area contributed by atoms with Gasteiger partial charge in [-0.2, -0.15) is 13.2 Å². The normalized spacial score (nSPS) is 11.2. The molecule has 0 saturated carbocycles. The molecule has 0 aliphatic rings. The van der Waals surface area contributed by atoms with Crippen molar-refractivity contribution in [2.45, 2.75) is 12.6 Å². The average molecular weight is 233 g/mol. The van der Waals surface area contributed by atoms with E-state index in [1.54, 1.807) is 0 Å². The third-order valence-corrected chi connectivity index (χ3v) is 1.81. The average Bonchev–Trinajstić information content (AvgIpc) is 2.16. The summed E-state index contributed by atoms with van der Waals surface area (Å²) >= 11 is 0. The fraction of sp³-hybridized carbons (Fsp3) is 0.333. The topological polar surface area (TPSA) is 68.0 Å². The van der Waals surface area contributed by atoms with Gasteiger partial charge in [-0.1, -0.05) is 0 Å². The Kier molecular flexibility index (Phi) is 3.70. The number of nitrogens with one attached hydrogen (secondary N) is 1. The number of nitrogens with zero attached hydrogens (tertiary/aromatic N) is 1. The van der Waals surface area contributed by atoms with E-state index < -0.39 is 18.5 Å². The number of carbonyl (C=O) groups excluding carboxylic acids is 1. The molecule has 88 valence electrons. The lowest BCUT2D eigenvalue weighted by Gasteiger charge is -2.10. The van der Waals surface area contributed by atoms with Crippen LogP contribution in [-0.4, -0.2) is 23.6 Å². The van der Waals surface area contributed by atoms with E-state index in [0.717, 1.165) is 0 Å².